The standard InChI is InChI=1S/C28H33N5O2S/c1-21-18-26(32-16-14-31(15-17-32)24-8-10-25(35-2)11-9-24)30-28(29-21)36-20-22-6-5-7-23(19-22)27(34)33-12-3-4-13-33/h5-11,18-19H,3-4,12-17,20H2,1-2H3. The fourth-order valence-electron chi connectivity index (χ4n) is 4.78. The molecule has 2 saturated heterocycles. The van der Waals surface area contributed by atoms with E-state index in [9.17, 15) is 4.79 Å². The van der Waals surface area contributed by atoms with Crippen molar-refractivity contribution in [3.8, 4) is 5.75 Å². The molecule has 0 atom stereocenters. The van der Waals surface area contributed by atoms with Gasteiger partial charge in [-0.1, -0.05) is 23.9 Å². The molecule has 0 bridgehead atoms. The zero-order valence-electron chi connectivity index (χ0n) is 21.0. The summed E-state index contributed by atoms with van der Waals surface area (Å²) in [4.78, 5) is 29.0. The number of carbonyl (C=O) groups is 1. The van der Waals surface area contributed by atoms with E-state index in [-0.39, 0.29) is 5.91 Å². The molecule has 2 aliphatic heterocycles. The molecule has 2 fully saturated rings. The van der Waals surface area contributed by atoms with E-state index in [4.69, 9.17) is 9.72 Å². The summed E-state index contributed by atoms with van der Waals surface area (Å²) in [5.41, 5.74) is 4.08. The van der Waals surface area contributed by atoms with Crippen LogP contribution < -0.4 is 14.5 Å². The number of methoxy groups -OCH3 is 1. The van der Waals surface area contributed by atoms with Crippen LogP contribution in [0.15, 0.2) is 59.8 Å². The summed E-state index contributed by atoms with van der Waals surface area (Å²) in [7, 11) is 1.69. The zero-order valence-corrected chi connectivity index (χ0v) is 21.8. The van der Waals surface area contributed by atoms with Gasteiger partial charge in [0.15, 0.2) is 5.16 Å². The minimum Gasteiger partial charge on any atom is -0.497 e. The Balaban J connectivity index is 1.20. The van der Waals surface area contributed by atoms with Crippen LogP contribution in [0.3, 0.4) is 0 Å². The molecule has 0 N–H and O–H groups in total. The lowest BCUT2D eigenvalue weighted by Crippen LogP contribution is -2.46. The van der Waals surface area contributed by atoms with E-state index >= 15 is 0 Å². The van der Waals surface area contributed by atoms with Gasteiger partial charge in [-0.3, -0.25) is 4.79 Å². The molecule has 8 heteroatoms. The average molecular weight is 504 g/mol. The number of carbonyl (C=O) groups excluding carboxylic acids is 1. The normalized spacial score (nSPS) is 15.9. The molecule has 5 rings (SSSR count). The third kappa shape index (κ3) is 5.75. The topological polar surface area (TPSA) is 61.8 Å². The van der Waals surface area contributed by atoms with Gasteiger partial charge >= 0.3 is 0 Å². The second-order valence-electron chi connectivity index (χ2n) is 9.31. The molecular weight excluding hydrogens is 470 g/mol. The van der Waals surface area contributed by atoms with Gasteiger partial charge in [0.25, 0.3) is 5.91 Å². The zero-order chi connectivity index (χ0) is 24.9. The molecule has 1 aromatic heterocycles. The number of amides is 1. The Labute approximate surface area is 217 Å². The highest BCUT2D eigenvalue weighted by atomic mass is 32.2. The number of likely N-dealkylation sites (tertiary alicyclic amines) is 1. The van der Waals surface area contributed by atoms with Crippen molar-refractivity contribution >= 4 is 29.2 Å². The largest absolute Gasteiger partial charge is 0.497 e. The maximum atomic E-state index is 12.8. The number of thioether (sulfide) groups is 1. The molecular formula is C28H33N5O2S. The number of nitrogens with zero attached hydrogens (tertiary/aromatic N) is 5. The lowest BCUT2D eigenvalue weighted by molar-refractivity contribution is 0.0792. The fourth-order valence-corrected chi connectivity index (χ4v) is 5.63. The number of anilines is 2. The summed E-state index contributed by atoms with van der Waals surface area (Å²) in [6.45, 7) is 7.46. The molecule has 1 amide bonds. The average Bonchev–Trinajstić information content (AvgIpc) is 3.47. The molecule has 2 aromatic carbocycles. The van der Waals surface area contributed by atoms with Crippen LogP contribution >= 0.6 is 11.8 Å². The molecule has 0 radical (unpaired) electrons. The highest BCUT2D eigenvalue weighted by Gasteiger charge is 2.21. The summed E-state index contributed by atoms with van der Waals surface area (Å²) in [6, 6.07) is 18.3. The monoisotopic (exact) mass is 503 g/mol. The van der Waals surface area contributed by atoms with Crippen molar-refractivity contribution in [2.45, 2.75) is 30.7 Å². The summed E-state index contributed by atoms with van der Waals surface area (Å²) in [5, 5.41) is 0.777. The van der Waals surface area contributed by atoms with Gasteiger partial charge in [-0.25, -0.2) is 9.97 Å². The Morgan fingerprint density at radius 1 is 0.917 bits per heavy atom. The number of piperazine rings is 1. The Hall–Kier alpha value is -3.26. The van der Waals surface area contributed by atoms with E-state index in [0.717, 1.165) is 91.4 Å². The van der Waals surface area contributed by atoms with E-state index in [1.807, 2.05) is 42.2 Å². The second kappa shape index (κ2) is 11.2. The number of benzene rings is 2. The van der Waals surface area contributed by atoms with E-state index in [0.29, 0.717) is 0 Å². The van der Waals surface area contributed by atoms with Crippen molar-refractivity contribution in [1.29, 1.82) is 0 Å². The molecule has 3 aromatic rings. The predicted octanol–water partition coefficient (Wildman–Crippen LogP) is 4.65. The summed E-state index contributed by atoms with van der Waals surface area (Å²) in [6.07, 6.45) is 2.20. The Morgan fingerprint density at radius 2 is 1.64 bits per heavy atom. The van der Waals surface area contributed by atoms with E-state index in [2.05, 4.69) is 39.0 Å². The molecule has 0 unspecified atom stereocenters. The summed E-state index contributed by atoms with van der Waals surface area (Å²) < 4.78 is 5.28. The van der Waals surface area contributed by atoms with Gasteiger partial charge in [-0.15, -0.1) is 0 Å². The van der Waals surface area contributed by atoms with Crippen LogP contribution in [-0.2, 0) is 5.75 Å². The number of hydrogen-bond donors (Lipinski definition) is 0. The molecule has 36 heavy (non-hydrogen) atoms. The van der Waals surface area contributed by atoms with Crippen molar-refractivity contribution < 1.29 is 9.53 Å². The Morgan fingerprint density at radius 3 is 2.36 bits per heavy atom. The first-order chi connectivity index (χ1) is 17.6. The van der Waals surface area contributed by atoms with Crippen LogP contribution in [0.4, 0.5) is 11.5 Å². The second-order valence-corrected chi connectivity index (χ2v) is 10.3. The maximum absolute atomic E-state index is 12.8. The van der Waals surface area contributed by atoms with Crippen molar-refractivity contribution in [2.75, 3.05) is 56.2 Å². The van der Waals surface area contributed by atoms with Gasteiger partial charge in [-0.05, 0) is 61.7 Å². The Kier molecular flexibility index (Phi) is 7.60. The first-order valence-corrected chi connectivity index (χ1v) is 13.6. The maximum Gasteiger partial charge on any atom is 0.253 e. The summed E-state index contributed by atoms with van der Waals surface area (Å²) in [5.74, 6) is 2.73. The molecule has 3 heterocycles. The Bertz CT molecular complexity index is 1190. The van der Waals surface area contributed by atoms with E-state index < -0.39 is 0 Å². The number of rotatable bonds is 7. The minimum atomic E-state index is 0.141. The van der Waals surface area contributed by atoms with Crippen molar-refractivity contribution in [1.82, 2.24) is 14.9 Å². The summed E-state index contributed by atoms with van der Waals surface area (Å²) >= 11 is 1.62. The van der Waals surface area contributed by atoms with Crippen LogP contribution in [0.25, 0.3) is 0 Å². The molecule has 2 aliphatic rings. The smallest absolute Gasteiger partial charge is 0.253 e. The van der Waals surface area contributed by atoms with Crippen LogP contribution in [0.5, 0.6) is 5.75 Å². The highest BCUT2D eigenvalue weighted by molar-refractivity contribution is 7.98. The van der Waals surface area contributed by atoms with Crippen molar-refractivity contribution in [3.05, 3.63) is 71.4 Å². The number of hydrogen-bond acceptors (Lipinski definition) is 7. The van der Waals surface area contributed by atoms with Gasteiger partial charge in [-0.2, -0.15) is 0 Å². The van der Waals surface area contributed by atoms with Gasteiger partial charge < -0.3 is 19.4 Å². The third-order valence-electron chi connectivity index (χ3n) is 6.80. The molecule has 0 saturated carbocycles. The minimum absolute atomic E-state index is 0.141. The number of aromatic nitrogens is 2. The third-order valence-corrected chi connectivity index (χ3v) is 7.72. The van der Waals surface area contributed by atoms with Gasteiger partial charge in [0.1, 0.15) is 11.6 Å². The molecule has 0 aliphatic carbocycles. The first kappa shape index (κ1) is 24.4. The fraction of sp³-hybridized carbons (Fsp3) is 0.393. The van der Waals surface area contributed by atoms with Crippen molar-refractivity contribution in [2.24, 2.45) is 0 Å². The highest BCUT2D eigenvalue weighted by Crippen LogP contribution is 2.26. The van der Waals surface area contributed by atoms with E-state index in [1.165, 1.54) is 5.69 Å². The molecule has 7 nitrogen and oxygen atoms in total. The number of aryl methyl sites for hydroxylation is 1. The lowest BCUT2D eigenvalue weighted by atomic mass is 10.1. The van der Waals surface area contributed by atoms with Crippen LogP contribution in [0, 0.1) is 6.92 Å². The molecule has 188 valence electrons. The van der Waals surface area contributed by atoms with E-state index in [1.54, 1.807) is 18.9 Å². The SMILES string of the molecule is COc1ccc(N2CCN(c3cc(C)nc(SCc4cccc(C(=O)N5CCCC5)c4)n3)CC2)cc1. The first-order valence-electron chi connectivity index (χ1n) is 12.6. The molecule has 0 spiro atoms. The lowest BCUT2D eigenvalue weighted by Gasteiger charge is -2.36. The van der Waals surface area contributed by atoms with Crippen LogP contribution in [-0.4, -0.2) is 67.2 Å². The van der Waals surface area contributed by atoms with Crippen LogP contribution in [0.2, 0.25) is 0 Å². The predicted molar refractivity (Wildman–Crippen MR) is 145 cm³/mol. The quantitative estimate of drug-likeness (QED) is 0.344. The van der Waals surface area contributed by atoms with Gasteiger partial charge in [0.2, 0.25) is 0 Å². The van der Waals surface area contributed by atoms with Crippen molar-refractivity contribution in [3.63, 3.8) is 0 Å². The van der Waals surface area contributed by atoms with Gasteiger partial charge in [0.05, 0.1) is 7.11 Å². The van der Waals surface area contributed by atoms with Crippen LogP contribution in [0.1, 0.15) is 34.5 Å². The van der Waals surface area contributed by atoms with Gasteiger partial charge in [0, 0.05) is 68.0 Å². The number of ether oxygens (including phenoxy) is 1.